The van der Waals surface area contributed by atoms with Crippen LogP contribution in [0.5, 0.6) is 0 Å². The van der Waals surface area contributed by atoms with Crippen LogP contribution in [0.15, 0.2) is 29.4 Å². The number of hydrogen-bond acceptors (Lipinski definition) is 5. The Labute approximate surface area is 127 Å². The molecule has 118 valence electrons. The molecule has 1 fully saturated rings. The molecule has 7 heteroatoms. The standard InChI is InChI=1S/C15H17FN2O4/c1-15(2,3)22-14(20)9-8-18(13(19)12(9)17-21)11-7-5-4-6-10(11)16/h4-7,9,21H,8H2,1-3H3/b17-12+. The van der Waals surface area contributed by atoms with Gasteiger partial charge in [-0.05, 0) is 32.9 Å². The molecule has 6 nitrogen and oxygen atoms in total. The molecule has 1 aromatic rings. The van der Waals surface area contributed by atoms with E-state index in [1.165, 1.54) is 18.2 Å². The van der Waals surface area contributed by atoms with Gasteiger partial charge in [0, 0.05) is 6.54 Å². The molecule has 0 radical (unpaired) electrons. The number of esters is 1. The topological polar surface area (TPSA) is 79.2 Å². The Morgan fingerprint density at radius 3 is 2.59 bits per heavy atom. The lowest BCUT2D eigenvalue weighted by Gasteiger charge is -2.22. The zero-order valence-electron chi connectivity index (χ0n) is 12.5. The van der Waals surface area contributed by atoms with Gasteiger partial charge in [-0.1, -0.05) is 17.3 Å². The van der Waals surface area contributed by atoms with Gasteiger partial charge >= 0.3 is 5.97 Å². The Balaban J connectivity index is 2.31. The van der Waals surface area contributed by atoms with E-state index in [-0.39, 0.29) is 17.9 Å². The van der Waals surface area contributed by atoms with Crippen LogP contribution in [0.25, 0.3) is 0 Å². The second kappa shape index (κ2) is 5.75. The number of oxime groups is 1. The number of para-hydroxylation sites is 1. The monoisotopic (exact) mass is 308 g/mol. The summed E-state index contributed by atoms with van der Waals surface area (Å²) >= 11 is 0. The minimum Gasteiger partial charge on any atom is -0.459 e. The number of rotatable bonds is 2. The van der Waals surface area contributed by atoms with E-state index in [2.05, 4.69) is 5.16 Å². The summed E-state index contributed by atoms with van der Waals surface area (Å²) < 4.78 is 19.0. The molecule has 1 unspecified atom stereocenters. The van der Waals surface area contributed by atoms with Crippen LogP contribution in [-0.2, 0) is 14.3 Å². The van der Waals surface area contributed by atoms with Crippen molar-refractivity contribution in [3.05, 3.63) is 30.1 Å². The molecule has 1 heterocycles. The summed E-state index contributed by atoms with van der Waals surface area (Å²) in [5, 5.41) is 11.9. The summed E-state index contributed by atoms with van der Waals surface area (Å²) in [6, 6.07) is 5.69. The first-order valence-electron chi connectivity index (χ1n) is 6.76. The molecule has 0 saturated carbocycles. The maximum atomic E-state index is 13.8. The number of benzene rings is 1. The molecule has 1 atom stereocenters. The Morgan fingerprint density at radius 1 is 1.41 bits per heavy atom. The van der Waals surface area contributed by atoms with Gasteiger partial charge in [-0.3, -0.25) is 9.59 Å². The van der Waals surface area contributed by atoms with Crippen molar-refractivity contribution < 1.29 is 23.9 Å². The van der Waals surface area contributed by atoms with Crippen LogP contribution in [0, 0.1) is 11.7 Å². The molecule has 0 bridgehead atoms. The number of hydrogen-bond donors (Lipinski definition) is 1. The second-order valence-corrected chi connectivity index (χ2v) is 5.94. The maximum absolute atomic E-state index is 13.8. The SMILES string of the molecule is CC(C)(C)OC(=O)C1CN(c2ccccc2F)C(=O)/C1=N/O. The van der Waals surface area contributed by atoms with Gasteiger partial charge in [0.25, 0.3) is 5.91 Å². The van der Waals surface area contributed by atoms with Crippen molar-refractivity contribution >= 4 is 23.3 Å². The summed E-state index contributed by atoms with van der Waals surface area (Å²) in [6.07, 6.45) is 0. The van der Waals surface area contributed by atoms with E-state index in [9.17, 15) is 14.0 Å². The average Bonchev–Trinajstić information content (AvgIpc) is 2.74. The fourth-order valence-corrected chi connectivity index (χ4v) is 2.19. The van der Waals surface area contributed by atoms with Gasteiger partial charge in [0.05, 0.1) is 5.69 Å². The minimum atomic E-state index is -1.06. The number of nitrogens with zero attached hydrogens (tertiary/aromatic N) is 2. The number of amides is 1. The smallest absolute Gasteiger partial charge is 0.317 e. The second-order valence-electron chi connectivity index (χ2n) is 5.94. The number of anilines is 1. The van der Waals surface area contributed by atoms with Crippen LogP contribution in [-0.4, -0.2) is 34.9 Å². The molecule has 1 aliphatic rings. The molecule has 0 aromatic heterocycles. The summed E-state index contributed by atoms with van der Waals surface area (Å²) in [5.74, 6) is -3.06. The molecule has 1 saturated heterocycles. The van der Waals surface area contributed by atoms with E-state index in [1.807, 2.05) is 0 Å². The van der Waals surface area contributed by atoms with Gasteiger partial charge < -0.3 is 14.8 Å². The lowest BCUT2D eigenvalue weighted by atomic mass is 10.1. The van der Waals surface area contributed by atoms with Gasteiger partial charge in [-0.2, -0.15) is 0 Å². The van der Waals surface area contributed by atoms with Crippen molar-refractivity contribution in [1.82, 2.24) is 0 Å². The third kappa shape index (κ3) is 3.08. The fourth-order valence-electron chi connectivity index (χ4n) is 2.19. The third-order valence-corrected chi connectivity index (χ3v) is 3.10. The van der Waals surface area contributed by atoms with Gasteiger partial charge in [0.1, 0.15) is 17.3 Å². The Kier molecular flexibility index (Phi) is 4.16. The highest BCUT2D eigenvalue weighted by Crippen LogP contribution is 2.27. The minimum absolute atomic E-state index is 0.0275. The van der Waals surface area contributed by atoms with E-state index in [0.29, 0.717) is 0 Å². The third-order valence-electron chi connectivity index (χ3n) is 3.10. The van der Waals surface area contributed by atoms with E-state index in [0.717, 1.165) is 4.90 Å². The zero-order chi connectivity index (χ0) is 16.5. The molecule has 1 amide bonds. The lowest BCUT2D eigenvalue weighted by Crippen LogP contribution is -2.33. The summed E-state index contributed by atoms with van der Waals surface area (Å²) in [7, 11) is 0. The van der Waals surface area contributed by atoms with Crippen molar-refractivity contribution in [2.24, 2.45) is 11.1 Å². The predicted octanol–water partition coefficient (Wildman–Crippen LogP) is 1.96. The van der Waals surface area contributed by atoms with Gasteiger partial charge in [-0.25, -0.2) is 4.39 Å². The first-order chi connectivity index (χ1) is 10.2. The van der Waals surface area contributed by atoms with Crippen LogP contribution in [0.2, 0.25) is 0 Å². The van der Waals surface area contributed by atoms with Crippen LogP contribution < -0.4 is 4.90 Å². The van der Waals surface area contributed by atoms with Crippen LogP contribution >= 0.6 is 0 Å². The van der Waals surface area contributed by atoms with Crippen LogP contribution in [0.4, 0.5) is 10.1 Å². The zero-order valence-corrected chi connectivity index (χ0v) is 12.5. The molecule has 22 heavy (non-hydrogen) atoms. The van der Waals surface area contributed by atoms with E-state index < -0.39 is 29.2 Å². The Hall–Kier alpha value is -2.44. The summed E-state index contributed by atoms with van der Waals surface area (Å²) in [5.41, 5.74) is -1.07. The Morgan fingerprint density at radius 2 is 2.05 bits per heavy atom. The van der Waals surface area contributed by atoms with Crippen molar-refractivity contribution in [2.45, 2.75) is 26.4 Å². The quantitative estimate of drug-likeness (QED) is 0.514. The first kappa shape index (κ1) is 15.9. The summed E-state index contributed by atoms with van der Waals surface area (Å²) in [4.78, 5) is 25.4. The first-order valence-corrected chi connectivity index (χ1v) is 6.76. The highest BCUT2D eigenvalue weighted by molar-refractivity contribution is 6.49. The number of halogens is 1. The number of ether oxygens (including phenoxy) is 1. The van der Waals surface area contributed by atoms with Crippen LogP contribution in [0.1, 0.15) is 20.8 Å². The van der Waals surface area contributed by atoms with Crippen molar-refractivity contribution in [1.29, 1.82) is 0 Å². The maximum Gasteiger partial charge on any atom is 0.317 e. The molecule has 1 N–H and O–H groups in total. The highest BCUT2D eigenvalue weighted by Gasteiger charge is 2.45. The fraction of sp³-hybridized carbons (Fsp3) is 0.400. The van der Waals surface area contributed by atoms with Crippen LogP contribution in [0.3, 0.4) is 0 Å². The van der Waals surface area contributed by atoms with Gasteiger partial charge in [0.2, 0.25) is 0 Å². The normalized spacial score (nSPS) is 20.5. The summed E-state index contributed by atoms with van der Waals surface area (Å²) in [6.45, 7) is 4.93. The Bertz CT molecular complexity index is 637. The molecule has 0 spiro atoms. The highest BCUT2D eigenvalue weighted by atomic mass is 19.1. The molecule has 0 aliphatic carbocycles. The predicted molar refractivity (Wildman–Crippen MR) is 77.3 cm³/mol. The van der Waals surface area contributed by atoms with Gasteiger partial charge in [-0.15, -0.1) is 0 Å². The lowest BCUT2D eigenvalue weighted by molar-refractivity contribution is -0.157. The average molecular weight is 308 g/mol. The molecule has 1 aromatic carbocycles. The molecule has 2 rings (SSSR count). The van der Waals surface area contributed by atoms with E-state index in [4.69, 9.17) is 9.94 Å². The molecular formula is C15H17FN2O4. The van der Waals surface area contributed by atoms with Gasteiger partial charge in [0.15, 0.2) is 5.71 Å². The number of carbonyl (C=O) groups is 2. The van der Waals surface area contributed by atoms with E-state index in [1.54, 1.807) is 26.8 Å². The van der Waals surface area contributed by atoms with E-state index >= 15 is 0 Å². The number of carbonyl (C=O) groups excluding carboxylic acids is 2. The van der Waals surface area contributed by atoms with Crippen molar-refractivity contribution in [2.75, 3.05) is 11.4 Å². The molecule has 1 aliphatic heterocycles. The largest absolute Gasteiger partial charge is 0.459 e. The van der Waals surface area contributed by atoms with Crippen molar-refractivity contribution in [3.8, 4) is 0 Å². The molecular weight excluding hydrogens is 291 g/mol. The van der Waals surface area contributed by atoms with Crippen molar-refractivity contribution in [3.63, 3.8) is 0 Å².